The molecule has 30 heavy (non-hydrogen) atoms. The smallest absolute Gasteiger partial charge is 0.193 e. The van der Waals surface area contributed by atoms with Crippen LogP contribution in [0.3, 0.4) is 0 Å². The molecule has 1 aromatic carbocycles. The van der Waals surface area contributed by atoms with Gasteiger partial charge in [-0.3, -0.25) is 4.99 Å². The monoisotopic (exact) mass is 413 g/mol. The molecule has 2 aliphatic heterocycles. The Kier molecular flexibility index (Phi) is 5.30. The van der Waals surface area contributed by atoms with Crippen LogP contribution in [0.2, 0.25) is 0 Å². The lowest BCUT2D eigenvalue weighted by Crippen LogP contribution is -2.69. The van der Waals surface area contributed by atoms with Gasteiger partial charge in [0, 0.05) is 56.1 Å². The third-order valence-electron chi connectivity index (χ3n) is 8.12. The van der Waals surface area contributed by atoms with Gasteiger partial charge in [0.1, 0.15) is 11.5 Å². The van der Waals surface area contributed by atoms with Crippen LogP contribution in [-0.2, 0) is 4.74 Å². The lowest BCUT2D eigenvalue weighted by atomic mass is 9.54. The van der Waals surface area contributed by atoms with E-state index in [1.54, 1.807) is 14.2 Å². The van der Waals surface area contributed by atoms with Crippen molar-refractivity contribution in [3.8, 4) is 11.5 Å². The van der Waals surface area contributed by atoms with Gasteiger partial charge in [0.25, 0.3) is 0 Å². The highest BCUT2D eigenvalue weighted by molar-refractivity contribution is 5.81. The molecule has 4 aliphatic rings. The van der Waals surface area contributed by atoms with Crippen molar-refractivity contribution in [2.75, 3.05) is 41.0 Å². The molecule has 2 aliphatic carbocycles. The van der Waals surface area contributed by atoms with Gasteiger partial charge in [-0.1, -0.05) is 12.8 Å². The summed E-state index contributed by atoms with van der Waals surface area (Å²) in [5.41, 5.74) is 1.63. The first kappa shape index (κ1) is 20.0. The first-order valence-corrected chi connectivity index (χ1v) is 11.5. The largest absolute Gasteiger partial charge is 0.497 e. The maximum atomic E-state index is 6.16. The fraction of sp³-hybridized carbons (Fsp3) is 0.708. The van der Waals surface area contributed by atoms with Gasteiger partial charge in [0.15, 0.2) is 5.96 Å². The molecule has 0 bridgehead atoms. The molecule has 5 rings (SSSR count). The highest BCUT2D eigenvalue weighted by Gasteiger charge is 2.65. The lowest BCUT2D eigenvalue weighted by molar-refractivity contribution is -0.125. The Labute approximate surface area is 180 Å². The van der Waals surface area contributed by atoms with Gasteiger partial charge in [0.05, 0.1) is 20.3 Å². The predicted molar refractivity (Wildman–Crippen MR) is 118 cm³/mol. The molecule has 1 aromatic rings. The van der Waals surface area contributed by atoms with E-state index >= 15 is 0 Å². The van der Waals surface area contributed by atoms with Crippen molar-refractivity contribution in [1.82, 2.24) is 10.2 Å². The SMILES string of the molecule is CN=C(NC1C2CCOC2C12CCCC2)N1CCC(c2cc(OC)cc(OC)c2)C1. The van der Waals surface area contributed by atoms with Crippen LogP contribution >= 0.6 is 0 Å². The summed E-state index contributed by atoms with van der Waals surface area (Å²) in [6, 6.07) is 6.75. The number of methoxy groups -OCH3 is 2. The molecule has 1 N–H and O–H groups in total. The predicted octanol–water partition coefficient (Wildman–Crippen LogP) is 3.42. The summed E-state index contributed by atoms with van der Waals surface area (Å²) in [5.74, 6) is 3.89. The molecular formula is C24H35N3O3. The number of ether oxygens (including phenoxy) is 3. The molecule has 164 valence electrons. The van der Waals surface area contributed by atoms with Crippen molar-refractivity contribution in [2.24, 2.45) is 16.3 Å². The number of nitrogens with zero attached hydrogens (tertiary/aromatic N) is 2. The van der Waals surface area contributed by atoms with E-state index in [0.717, 1.165) is 43.6 Å². The minimum Gasteiger partial charge on any atom is -0.497 e. The molecular weight excluding hydrogens is 378 g/mol. The standard InChI is InChI=1S/C24H35N3O3/c1-25-23(26-21-20-7-11-30-22(20)24(21)8-4-5-9-24)27-10-6-16(15-27)17-12-18(28-2)14-19(13-17)29-3/h12-14,16,20-22H,4-11,15H2,1-3H3,(H,25,26). The molecule has 4 fully saturated rings. The molecule has 2 saturated heterocycles. The van der Waals surface area contributed by atoms with Crippen molar-refractivity contribution in [3.05, 3.63) is 23.8 Å². The quantitative estimate of drug-likeness (QED) is 0.606. The van der Waals surface area contributed by atoms with Gasteiger partial charge in [-0.05, 0) is 43.4 Å². The fourth-order valence-electron chi connectivity index (χ4n) is 6.63. The normalized spacial score (nSPS) is 32.2. The molecule has 2 heterocycles. The molecule has 6 nitrogen and oxygen atoms in total. The van der Waals surface area contributed by atoms with E-state index in [2.05, 4.69) is 22.3 Å². The van der Waals surface area contributed by atoms with Crippen LogP contribution in [0, 0.1) is 11.3 Å². The Hall–Kier alpha value is -1.95. The van der Waals surface area contributed by atoms with E-state index in [9.17, 15) is 0 Å². The summed E-state index contributed by atoms with van der Waals surface area (Å²) in [4.78, 5) is 7.13. The van der Waals surface area contributed by atoms with Crippen molar-refractivity contribution in [1.29, 1.82) is 0 Å². The molecule has 0 amide bonds. The van der Waals surface area contributed by atoms with Crippen LogP contribution in [-0.4, -0.2) is 64.0 Å². The average molecular weight is 414 g/mol. The molecule has 0 aromatic heterocycles. The maximum Gasteiger partial charge on any atom is 0.193 e. The maximum absolute atomic E-state index is 6.16. The zero-order valence-corrected chi connectivity index (χ0v) is 18.5. The van der Waals surface area contributed by atoms with Gasteiger partial charge in [0.2, 0.25) is 0 Å². The number of benzene rings is 1. The number of likely N-dealkylation sites (tertiary alicyclic amines) is 1. The number of hydrogen-bond donors (Lipinski definition) is 1. The van der Waals surface area contributed by atoms with E-state index in [0.29, 0.717) is 29.4 Å². The van der Waals surface area contributed by atoms with E-state index in [4.69, 9.17) is 19.2 Å². The summed E-state index contributed by atoms with van der Waals surface area (Å²) >= 11 is 0. The minimum absolute atomic E-state index is 0.344. The van der Waals surface area contributed by atoms with E-state index in [1.165, 1.54) is 37.7 Å². The van der Waals surface area contributed by atoms with E-state index in [-0.39, 0.29) is 0 Å². The Balaban J connectivity index is 1.29. The van der Waals surface area contributed by atoms with E-state index < -0.39 is 0 Å². The minimum atomic E-state index is 0.344. The van der Waals surface area contributed by atoms with Crippen LogP contribution in [0.4, 0.5) is 0 Å². The van der Waals surface area contributed by atoms with Crippen LogP contribution in [0.25, 0.3) is 0 Å². The van der Waals surface area contributed by atoms with Gasteiger partial charge >= 0.3 is 0 Å². The molecule has 0 radical (unpaired) electrons. The Morgan fingerprint density at radius 2 is 1.87 bits per heavy atom. The number of hydrogen-bond acceptors (Lipinski definition) is 4. The highest BCUT2D eigenvalue weighted by atomic mass is 16.5. The highest BCUT2D eigenvalue weighted by Crippen LogP contribution is 2.60. The first-order chi connectivity index (χ1) is 14.7. The van der Waals surface area contributed by atoms with Crippen LogP contribution < -0.4 is 14.8 Å². The molecule has 6 heteroatoms. The van der Waals surface area contributed by atoms with Crippen molar-refractivity contribution in [3.63, 3.8) is 0 Å². The summed E-state index contributed by atoms with van der Waals surface area (Å²) in [7, 11) is 5.35. The first-order valence-electron chi connectivity index (χ1n) is 11.5. The molecule has 2 saturated carbocycles. The summed E-state index contributed by atoms with van der Waals surface area (Å²) in [6.07, 6.45) is 8.06. The molecule has 1 spiro atoms. The van der Waals surface area contributed by atoms with Gasteiger partial charge in [-0.15, -0.1) is 0 Å². The number of nitrogens with one attached hydrogen (secondary N) is 1. The van der Waals surface area contributed by atoms with E-state index in [1.807, 2.05) is 13.1 Å². The van der Waals surface area contributed by atoms with Gasteiger partial charge in [-0.2, -0.15) is 0 Å². The zero-order chi connectivity index (χ0) is 20.7. The van der Waals surface area contributed by atoms with Crippen molar-refractivity contribution >= 4 is 5.96 Å². The van der Waals surface area contributed by atoms with Crippen LogP contribution in [0.1, 0.15) is 50.0 Å². The zero-order valence-electron chi connectivity index (χ0n) is 18.5. The number of guanidine groups is 1. The summed E-state index contributed by atoms with van der Waals surface area (Å²) < 4.78 is 17.1. The second kappa shape index (κ2) is 7.95. The van der Waals surface area contributed by atoms with Gasteiger partial charge < -0.3 is 24.4 Å². The number of rotatable bonds is 4. The second-order valence-corrected chi connectivity index (χ2v) is 9.43. The van der Waals surface area contributed by atoms with Crippen molar-refractivity contribution < 1.29 is 14.2 Å². The van der Waals surface area contributed by atoms with Crippen molar-refractivity contribution in [2.45, 2.75) is 56.6 Å². The second-order valence-electron chi connectivity index (χ2n) is 9.43. The third kappa shape index (κ3) is 3.15. The Bertz CT molecular complexity index is 783. The number of aliphatic imine (C=N–C) groups is 1. The number of fused-ring (bicyclic) bond motifs is 2. The molecule has 4 atom stereocenters. The Morgan fingerprint density at radius 1 is 1.13 bits per heavy atom. The summed E-state index contributed by atoms with van der Waals surface area (Å²) in [5, 5.41) is 3.91. The Morgan fingerprint density at radius 3 is 2.53 bits per heavy atom. The average Bonchev–Trinajstić information content (AvgIpc) is 3.53. The fourth-order valence-corrected chi connectivity index (χ4v) is 6.63. The van der Waals surface area contributed by atoms with Crippen LogP contribution in [0.15, 0.2) is 23.2 Å². The lowest BCUT2D eigenvalue weighted by Gasteiger charge is -2.57. The topological polar surface area (TPSA) is 55.3 Å². The van der Waals surface area contributed by atoms with Gasteiger partial charge in [-0.25, -0.2) is 0 Å². The summed E-state index contributed by atoms with van der Waals surface area (Å²) in [6.45, 7) is 2.92. The molecule has 4 unspecified atom stereocenters. The van der Waals surface area contributed by atoms with Crippen LogP contribution in [0.5, 0.6) is 11.5 Å². The third-order valence-corrected chi connectivity index (χ3v) is 8.12.